The Kier molecular flexibility index (Phi) is 45.4. The molecule has 176 valence electrons. The summed E-state index contributed by atoms with van der Waals surface area (Å²) in [4.78, 5) is 38.2. The van der Waals surface area contributed by atoms with E-state index >= 15 is 0 Å². The van der Waals surface area contributed by atoms with Gasteiger partial charge in [0.1, 0.15) is 0 Å². The smallest absolute Gasteiger partial charge is 0.300 e. The van der Waals surface area contributed by atoms with Crippen LogP contribution in [-0.2, 0) is 38.7 Å². The quantitative estimate of drug-likeness (QED) is 0.206. The molecular formula is C20H42N2O7Zn. The molecule has 0 spiro atoms. The molecule has 0 unspecified atom stereocenters. The van der Waals surface area contributed by atoms with Gasteiger partial charge < -0.3 is 26.4 Å². The third kappa shape index (κ3) is 94.7. The number of aliphatic carboxylic acids is 3. The van der Waals surface area contributed by atoms with E-state index in [1.807, 2.05) is 0 Å². The summed E-state index contributed by atoms with van der Waals surface area (Å²) in [6.45, 7) is 6.63. The summed E-state index contributed by atoms with van der Waals surface area (Å²) in [7, 11) is 0. The Balaban J connectivity index is -0.000000131. The zero-order valence-electron chi connectivity index (χ0n) is 19.2. The molecule has 0 fully saturated rings. The molecule has 0 aliphatic rings. The summed E-state index contributed by atoms with van der Waals surface area (Å²) in [6.07, 6.45) is 12.3. The van der Waals surface area contributed by atoms with Gasteiger partial charge in [-0.1, -0.05) is 58.3 Å². The normalized spacial score (nSPS) is 8.43. The van der Waals surface area contributed by atoms with Crippen molar-refractivity contribution in [3.63, 3.8) is 0 Å². The summed E-state index contributed by atoms with van der Waals surface area (Å²) in [6, 6.07) is 0. The number of nitrogens with two attached hydrogens (primary N) is 1. The van der Waals surface area contributed by atoms with Crippen molar-refractivity contribution in [3.8, 4) is 0 Å². The maximum atomic E-state index is 11.2. The number of hydrogen-bond donors (Lipinski definition) is 5. The first kappa shape index (κ1) is 39.0. The van der Waals surface area contributed by atoms with E-state index in [1.165, 1.54) is 51.4 Å². The van der Waals surface area contributed by atoms with Gasteiger partial charge in [-0.05, 0) is 6.42 Å². The Morgan fingerprint density at radius 2 is 1.00 bits per heavy atom. The van der Waals surface area contributed by atoms with Gasteiger partial charge in [-0.15, -0.1) is 0 Å². The van der Waals surface area contributed by atoms with E-state index in [-0.39, 0.29) is 25.4 Å². The summed E-state index contributed by atoms with van der Waals surface area (Å²) in [5.41, 5.74) is 5.31. The van der Waals surface area contributed by atoms with Crippen molar-refractivity contribution in [1.82, 2.24) is 5.32 Å². The fraction of sp³-hybridized carbons (Fsp3) is 0.800. The number of hydrogen-bond acceptors (Lipinski definition) is 5. The minimum absolute atomic E-state index is 0. The summed E-state index contributed by atoms with van der Waals surface area (Å²) in [5.74, 6) is -2.35. The van der Waals surface area contributed by atoms with Crippen LogP contribution in [0.1, 0.15) is 91.9 Å². The van der Waals surface area contributed by atoms with Crippen molar-refractivity contribution in [2.45, 2.75) is 91.9 Å². The van der Waals surface area contributed by atoms with Gasteiger partial charge >= 0.3 is 0 Å². The van der Waals surface area contributed by atoms with Crippen LogP contribution in [0, 0.1) is 0 Å². The number of carbonyl (C=O) groups is 4. The third-order valence-corrected chi connectivity index (χ3v) is 2.97. The van der Waals surface area contributed by atoms with Crippen LogP contribution in [0.25, 0.3) is 0 Å². The predicted molar refractivity (Wildman–Crippen MR) is 114 cm³/mol. The van der Waals surface area contributed by atoms with Gasteiger partial charge in [0.25, 0.3) is 17.9 Å². The molecule has 0 aromatic rings. The van der Waals surface area contributed by atoms with Crippen LogP contribution in [0.2, 0.25) is 0 Å². The molecule has 10 heteroatoms. The van der Waals surface area contributed by atoms with Gasteiger partial charge in [-0.3, -0.25) is 19.2 Å². The van der Waals surface area contributed by atoms with Crippen LogP contribution in [-0.4, -0.2) is 52.2 Å². The van der Waals surface area contributed by atoms with E-state index in [9.17, 15) is 4.79 Å². The van der Waals surface area contributed by atoms with Gasteiger partial charge in [0, 0.05) is 59.8 Å². The van der Waals surface area contributed by atoms with Crippen molar-refractivity contribution in [1.29, 1.82) is 0 Å². The molecule has 0 radical (unpaired) electrons. The molecule has 30 heavy (non-hydrogen) atoms. The molecule has 9 nitrogen and oxygen atoms in total. The predicted octanol–water partition coefficient (Wildman–Crippen LogP) is 3.25. The Labute approximate surface area is 193 Å². The molecule has 1 amide bonds. The minimum Gasteiger partial charge on any atom is -0.481 e. The number of nitrogens with one attached hydrogen (secondary N) is 1. The molecule has 0 aliphatic heterocycles. The summed E-state index contributed by atoms with van der Waals surface area (Å²) >= 11 is 0. The zero-order valence-corrected chi connectivity index (χ0v) is 22.2. The van der Waals surface area contributed by atoms with Crippen LogP contribution in [0.15, 0.2) is 0 Å². The first-order chi connectivity index (χ1) is 13.5. The van der Waals surface area contributed by atoms with E-state index < -0.39 is 17.9 Å². The Bertz CT molecular complexity index is 368. The maximum absolute atomic E-state index is 11.2. The van der Waals surface area contributed by atoms with E-state index in [4.69, 9.17) is 35.4 Å². The average Bonchev–Trinajstić information content (AvgIpc) is 2.57. The van der Waals surface area contributed by atoms with Gasteiger partial charge in [0.2, 0.25) is 5.91 Å². The van der Waals surface area contributed by atoms with E-state index in [2.05, 4.69) is 12.2 Å². The second-order valence-corrected chi connectivity index (χ2v) is 6.27. The van der Waals surface area contributed by atoms with Crippen molar-refractivity contribution >= 4 is 23.8 Å². The molecule has 0 atom stereocenters. The van der Waals surface area contributed by atoms with Crippen molar-refractivity contribution in [3.05, 3.63) is 0 Å². The van der Waals surface area contributed by atoms with Gasteiger partial charge in [0.15, 0.2) is 0 Å². The largest absolute Gasteiger partial charge is 0.481 e. The first-order valence-electron chi connectivity index (χ1n) is 10.1. The number of rotatable bonds is 12. The van der Waals surface area contributed by atoms with Crippen LogP contribution < -0.4 is 11.1 Å². The first-order valence-corrected chi connectivity index (χ1v) is 10.1. The Morgan fingerprint density at radius 3 is 1.30 bits per heavy atom. The molecule has 0 aliphatic carbocycles. The molecule has 0 bridgehead atoms. The summed E-state index contributed by atoms with van der Waals surface area (Å²) < 4.78 is 0. The van der Waals surface area contributed by atoms with E-state index in [1.54, 1.807) is 0 Å². The van der Waals surface area contributed by atoms with Crippen molar-refractivity contribution < 1.29 is 54.0 Å². The molecule has 6 N–H and O–H groups in total. The third-order valence-electron chi connectivity index (χ3n) is 2.97. The number of carbonyl (C=O) groups excluding carboxylic acids is 1. The minimum atomic E-state index is -0.833. The molecule has 0 rings (SSSR count). The van der Waals surface area contributed by atoms with Gasteiger partial charge in [-0.2, -0.15) is 0 Å². The topological polar surface area (TPSA) is 167 Å². The average molecular weight is 488 g/mol. The van der Waals surface area contributed by atoms with Crippen LogP contribution >= 0.6 is 0 Å². The Morgan fingerprint density at radius 1 is 0.700 bits per heavy atom. The van der Waals surface area contributed by atoms with Crippen molar-refractivity contribution in [2.24, 2.45) is 5.73 Å². The van der Waals surface area contributed by atoms with Crippen LogP contribution in [0.5, 0.6) is 0 Å². The number of unbranched alkanes of at least 4 members (excludes halogenated alkanes) is 8. The fourth-order valence-corrected chi connectivity index (χ4v) is 1.90. The second-order valence-electron chi connectivity index (χ2n) is 6.27. The number of carboxylic acids is 3. The van der Waals surface area contributed by atoms with Gasteiger partial charge in [0.05, 0.1) is 0 Å². The SMILES string of the molecule is CC(=O)O.CC(=O)O.CC(=O)O.CCCCCCCCCCCC(=O)NCCN.[Zn]. The number of carboxylic acid groups (broad SMARTS) is 3. The Hall–Kier alpha value is -1.54. The molecule has 0 saturated carbocycles. The molecule has 0 aromatic carbocycles. The molecular weight excluding hydrogens is 446 g/mol. The zero-order chi connectivity index (χ0) is 23.5. The van der Waals surface area contributed by atoms with E-state index in [0.29, 0.717) is 19.5 Å². The maximum Gasteiger partial charge on any atom is 0.300 e. The summed E-state index contributed by atoms with van der Waals surface area (Å²) in [5, 5.41) is 25.0. The molecule has 0 saturated heterocycles. The standard InChI is InChI=1S/C14H30N2O.3C2H4O2.Zn/c1-2-3-4-5-6-7-8-9-10-11-14(17)16-13-12-15;3*1-2(3)4;/h2-13,15H2,1H3,(H,16,17);3*1H3,(H,3,4);. The molecule has 0 aromatic heterocycles. The van der Waals surface area contributed by atoms with Crippen LogP contribution in [0.3, 0.4) is 0 Å². The molecule has 0 heterocycles. The van der Waals surface area contributed by atoms with E-state index in [0.717, 1.165) is 27.2 Å². The van der Waals surface area contributed by atoms with Crippen LogP contribution in [0.4, 0.5) is 0 Å². The monoisotopic (exact) mass is 486 g/mol. The second kappa shape index (κ2) is 34.9. The fourth-order valence-electron chi connectivity index (χ4n) is 1.90. The van der Waals surface area contributed by atoms with Crippen molar-refractivity contribution in [2.75, 3.05) is 13.1 Å². The van der Waals surface area contributed by atoms with Gasteiger partial charge in [-0.25, -0.2) is 0 Å². The number of amides is 1.